The van der Waals surface area contributed by atoms with Crippen LogP contribution in [0.2, 0.25) is 5.04 Å². The summed E-state index contributed by atoms with van der Waals surface area (Å²) in [6.45, 7) is 13.7. The fraction of sp³-hybridized carbons (Fsp3) is 0.520. The molecule has 0 radical (unpaired) electrons. The highest BCUT2D eigenvalue weighted by Gasteiger charge is 2.51. The van der Waals surface area contributed by atoms with Crippen LogP contribution in [0.4, 0.5) is 0 Å². The molecule has 1 saturated heterocycles. The number of azide groups is 1. The Morgan fingerprint density at radius 1 is 0.596 bits per heavy atom. The molecule has 32 heteroatoms. The molecule has 0 spiro atoms. The zero-order valence-electron chi connectivity index (χ0n) is 30.1. The van der Waals surface area contributed by atoms with Gasteiger partial charge in [0.15, 0.2) is 0 Å². The van der Waals surface area contributed by atoms with Crippen LogP contribution >= 0.6 is 0 Å². The molecule has 322 valence electrons. The molecular formula is C25H35N3O2S26Si. The lowest BCUT2D eigenvalue weighted by Crippen LogP contribution is -2.67. The Labute approximate surface area is 415 Å². The second kappa shape index (κ2) is 35.8. The van der Waals surface area contributed by atoms with Gasteiger partial charge < -0.3 is 9.16 Å². The summed E-state index contributed by atoms with van der Waals surface area (Å²) < 4.78 is 13.4. The predicted octanol–water partition coefficient (Wildman–Crippen LogP) is 5.24. The van der Waals surface area contributed by atoms with Crippen LogP contribution in [0.25, 0.3) is 10.4 Å². The summed E-state index contributed by atoms with van der Waals surface area (Å²) in [4.78, 5) is 3.04. The highest BCUT2D eigenvalue weighted by Crippen LogP contribution is 2.38. The first kappa shape index (κ1) is 56.7. The van der Waals surface area contributed by atoms with Gasteiger partial charge in [0, 0.05) is 240 Å². The maximum absolute atomic E-state index is 8.94. The van der Waals surface area contributed by atoms with E-state index in [-0.39, 0.29) is 35.1 Å². The predicted molar refractivity (Wildman–Crippen MR) is 321 cm³/mol. The molecule has 3 rings (SSSR count). The van der Waals surface area contributed by atoms with Gasteiger partial charge in [-0.3, -0.25) is 0 Å². The lowest BCUT2D eigenvalue weighted by atomic mass is 9.81. The first-order chi connectivity index (χ1) is 27.6. The van der Waals surface area contributed by atoms with Crippen LogP contribution in [0.15, 0.2) is 65.8 Å². The van der Waals surface area contributed by atoms with E-state index in [2.05, 4.69) is 105 Å². The van der Waals surface area contributed by atoms with E-state index in [0.717, 1.165) is 0 Å². The van der Waals surface area contributed by atoms with Crippen molar-refractivity contribution in [2.24, 2.45) is 17.0 Å². The number of hydrogen-bond donors (Lipinski definition) is 0. The van der Waals surface area contributed by atoms with E-state index in [0.29, 0.717) is 6.61 Å². The Bertz CT molecular complexity index is 2650. The van der Waals surface area contributed by atoms with Gasteiger partial charge in [-0.05, 0) is 39.7 Å². The van der Waals surface area contributed by atoms with Crippen LogP contribution in [-0.4, -0.2) is 33.2 Å². The summed E-state index contributed by atoms with van der Waals surface area (Å²) in [6, 6.07) is 21.2. The highest BCUT2D eigenvalue weighted by atomic mass is 33.5. The van der Waals surface area contributed by atoms with Gasteiger partial charge in [-0.1, -0.05) is 100 Å². The smallest absolute Gasteiger partial charge is 0.261 e. The minimum absolute atomic E-state index is 0.0446. The summed E-state index contributed by atoms with van der Waals surface area (Å²) in [5.74, 6) is 0.456. The lowest BCUT2D eigenvalue weighted by Gasteiger charge is -2.46. The van der Waals surface area contributed by atoms with Gasteiger partial charge in [0.05, 0.1) is 24.9 Å². The van der Waals surface area contributed by atoms with Crippen LogP contribution < -0.4 is 10.4 Å². The molecule has 2 unspecified atom stereocenters. The van der Waals surface area contributed by atoms with Crippen LogP contribution in [0, 0.1) is 11.8 Å². The minimum Gasteiger partial charge on any atom is -0.405 e. The van der Waals surface area contributed by atoms with E-state index in [9.17, 15) is 0 Å². The van der Waals surface area contributed by atoms with Crippen LogP contribution in [0.5, 0.6) is 0 Å². The molecule has 2 aromatic carbocycles. The summed E-state index contributed by atoms with van der Waals surface area (Å²) in [6.07, 6.45) is -0.174. The topological polar surface area (TPSA) is 67.2 Å². The third-order valence-electron chi connectivity index (χ3n) is 7.53. The summed E-state index contributed by atoms with van der Waals surface area (Å²) in [5.41, 5.74) is 8.94. The Kier molecular flexibility index (Phi) is 35.6. The van der Waals surface area contributed by atoms with E-state index in [4.69, 9.17) is 37.1 Å². The molecule has 57 heavy (non-hydrogen) atoms. The first-order valence-corrected chi connectivity index (χ1v) is 50.6. The summed E-state index contributed by atoms with van der Waals surface area (Å²) >= 11 is 9.55. The zero-order chi connectivity index (χ0) is 41.6. The molecule has 0 aliphatic carbocycles. The van der Waals surface area contributed by atoms with Crippen LogP contribution in [0.1, 0.15) is 41.5 Å². The molecule has 1 aliphatic heterocycles. The number of rotatable bonds is 6. The normalized spacial score (nSPS) is 18.0. The van der Waals surface area contributed by atoms with Crippen molar-refractivity contribution < 1.29 is 9.16 Å². The average molecular weight is 1270 g/mol. The van der Waals surface area contributed by atoms with E-state index < -0.39 is 8.32 Å². The van der Waals surface area contributed by atoms with Gasteiger partial charge in [-0.15, -0.1) is 0 Å². The second-order valence-corrected chi connectivity index (χ2v) is 58.2. The number of nitrogens with zero attached hydrogens (tertiary/aromatic N) is 3. The number of benzene rings is 2. The highest BCUT2D eigenvalue weighted by molar-refractivity contribution is 8.79. The van der Waals surface area contributed by atoms with Crippen molar-refractivity contribution in [3.8, 4) is 0 Å². The van der Waals surface area contributed by atoms with Crippen molar-refractivity contribution in [3.05, 3.63) is 71.1 Å². The monoisotopic (exact) mass is 1270 g/mol. The fourth-order valence-corrected chi connectivity index (χ4v) is 70.2. The second-order valence-electron chi connectivity index (χ2n) is 11.4. The Morgan fingerprint density at radius 3 is 1.23 bits per heavy atom. The molecule has 0 saturated carbocycles. The van der Waals surface area contributed by atoms with E-state index in [1.807, 2.05) is 78.0 Å². The van der Waals surface area contributed by atoms with Crippen LogP contribution in [-0.2, 0) is 245 Å². The van der Waals surface area contributed by atoms with E-state index in [1.165, 1.54) is 28.1 Å². The lowest BCUT2D eigenvalue weighted by molar-refractivity contribution is -0.119. The number of hydrogen-bond acceptors (Lipinski definition) is 5. The zero-order valence-corrected chi connectivity index (χ0v) is 52.4. The molecule has 0 bridgehead atoms. The molecule has 1 fully saturated rings. The van der Waals surface area contributed by atoms with Gasteiger partial charge in [0.25, 0.3) is 8.32 Å². The molecule has 2 aromatic rings. The third-order valence-corrected chi connectivity index (χ3v) is 63.6. The van der Waals surface area contributed by atoms with Gasteiger partial charge in [0.1, 0.15) is 0 Å². The van der Waals surface area contributed by atoms with Crippen molar-refractivity contribution in [1.82, 2.24) is 0 Å². The molecular weight excluding hydrogens is 1240 g/mol. The standard InChI is InChI=1S/C25H35N3O2Si.S26/c1-18-19(2)24(27-28-26)20(3)30-23(18)17-29-31(25(4,5)6,21-13-9-7-10-14-21)22-15-11-8-12-16-22;1-3-5-7-9-11-13-15-17-19-21-23-25-26-24-22-20-18-16-14-12-10-8-6-4-2/h7-16,18-20,23-24H,17H2,1-6H3;/t18-,19-,20+,23?,24?;/m0./s1. The quantitative estimate of drug-likeness (QED) is 0.172. The molecule has 5 atom stereocenters. The molecule has 0 aromatic heterocycles. The average Bonchev–Trinajstić information content (AvgIpc) is 3.21. The van der Waals surface area contributed by atoms with E-state index in [1.54, 1.807) is 124 Å². The summed E-state index contributed by atoms with van der Waals surface area (Å²) in [5, 5.41) is 6.46. The molecule has 0 N–H and O–H groups in total. The molecule has 1 heterocycles. The Balaban J connectivity index is 0.000000401. The Morgan fingerprint density at radius 2 is 0.930 bits per heavy atom. The Hall–Kier alpha value is 3.61. The van der Waals surface area contributed by atoms with Gasteiger partial charge in [0.2, 0.25) is 0 Å². The molecule has 1 aliphatic rings. The van der Waals surface area contributed by atoms with Crippen LogP contribution in [0.3, 0.4) is 0 Å². The fourth-order valence-electron chi connectivity index (χ4n) is 5.23. The van der Waals surface area contributed by atoms with Crippen molar-refractivity contribution in [2.45, 2.75) is 64.8 Å². The summed E-state index contributed by atoms with van der Waals surface area (Å²) in [7, 11) is 39.2. The maximum atomic E-state index is 8.94. The van der Waals surface area contributed by atoms with Crippen molar-refractivity contribution in [1.29, 1.82) is 0 Å². The van der Waals surface area contributed by atoms with Gasteiger partial charge >= 0.3 is 0 Å². The van der Waals surface area contributed by atoms with Crippen molar-refractivity contribution in [3.63, 3.8) is 0 Å². The van der Waals surface area contributed by atoms with Gasteiger partial charge in [-0.25, -0.2) is 0 Å². The van der Waals surface area contributed by atoms with Crippen molar-refractivity contribution >= 4 is 254 Å². The third kappa shape index (κ3) is 23.1. The van der Waals surface area contributed by atoms with Gasteiger partial charge in [-0.2, -0.15) is 0 Å². The SMILES string of the molecule is C[C@@H]1C(CO[Si](c2ccccc2)(c2ccccc2)C(C)(C)C)O[C@H](C)C(N=[N+]=[N-])[C@H]1C.S=S=S=S=S=S=S=S=S=S=S=S=S=S=S=S=S=S=S=S=S=S=S=S=S=S. The first-order valence-electron chi connectivity index (χ1n) is 15.3. The maximum Gasteiger partial charge on any atom is 0.261 e. The minimum atomic E-state index is -2.60. The largest absolute Gasteiger partial charge is 0.405 e. The van der Waals surface area contributed by atoms with Crippen molar-refractivity contribution in [2.75, 3.05) is 6.61 Å². The molecule has 0 amide bonds. The number of ether oxygens (including phenoxy) is 1. The molecule has 5 nitrogen and oxygen atoms in total. The van der Waals surface area contributed by atoms with E-state index >= 15 is 0 Å².